The molecule has 0 amide bonds. The maximum atomic E-state index is 11.5. The van der Waals surface area contributed by atoms with E-state index in [2.05, 4.69) is 32.0 Å². The van der Waals surface area contributed by atoms with Crippen LogP contribution >= 0.6 is 0 Å². The van der Waals surface area contributed by atoms with E-state index in [9.17, 15) is 15.2 Å². The smallest absolute Gasteiger partial charge is 0.270 e. The number of rotatable bonds is 7. The molecule has 3 heterocycles. The third kappa shape index (κ3) is 5.04. The van der Waals surface area contributed by atoms with Crippen LogP contribution in [0.2, 0.25) is 0 Å². The highest BCUT2D eigenvalue weighted by Crippen LogP contribution is 2.34. The van der Waals surface area contributed by atoms with Gasteiger partial charge in [-0.2, -0.15) is 0 Å². The number of aliphatic imine (C=N–C) groups is 1. The second kappa shape index (κ2) is 10.2. The number of nitro benzene ring substituents is 1. The highest BCUT2D eigenvalue weighted by Gasteiger charge is 2.21. The Kier molecular flexibility index (Phi) is 6.42. The number of benzene rings is 3. The monoisotopic (exact) mass is 520 g/mol. The average Bonchev–Trinajstić information content (AvgIpc) is 3.68. The predicted octanol–water partition coefficient (Wildman–Crippen LogP) is 6.25. The molecular weight excluding hydrogens is 492 g/mol. The summed E-state index contributed by atoms with van der Waals surface area (Å²) < 4.78 is 0. The van der Waals surface area contributed by atoms with Gasteiger partial charge < -0.3 is 15.1 Å². The first-order chi connectivity index (χ1) is 18.9. The van der Waals surface area contributed by atoms with Gasteiger partial charge in [-0.05, 0) is 62.2 Å². The molecule has 5 aromatic rings. The van der Waals surface area contributed by atoms with E-state index in [-0.39, 0.29) is 11.6 Å². The Balaban J connectivity index is 1.44. The van der Waals surface area contributed by atoms with Crippen molar-refractivity contribution in [3.05, 3.63) is 106 Å². The maximum absolute atomic E-state index is 11.5. The fraction of sp³-hybridized carbons (Fsp3) is 0.200. The SMILES string of the molecule is Cc1ncc(-c2ccc(N=C(c3ccc(CN4CCCC4)cc3)c3c(O)[nH]c4ccc([N+](=O)[O-])cc34)cc2)[nH]1. The number of aromatic nitrogens is 3. The number of likely N-dealkylation sites (tertiary alicyclic amines) is 1. The summed E-state index contributed by atoms with van der Waals surface area (Å²) in [5.41, 5.74) is 6.08. The van der Waals surface area contributed by atoms with Crippen LogP contribution in [0.25, 0.3) is 22.2 Å². The number of nitro groups is 1. The van der Waals surface area contributed by atoms with Gasteiger partial charge in [0.25, 0.3) is 5.69 Å². The van der Waals surface area contributed by atoms with Gasteiger partial charge >= 0.3 is 0 Å². The minimum absolute atomic E-state index is 0.0535. The number of non-ortho nitro benzene ring substituents is 1. The molecule has 1 saturated heterocycles. The lowest BCUT2D eigenvalue weighted by Crippen LogP contribution is -2.18. The van der Waals surface area contributed by atoms with Crippen molar-refractivity contribution >= 4 is 28.0 Å². The van der Waals surface area contributed by atoms with Crippen molar-refractivity contribution in [1.29, 1.82) is 0 Å². The second-order valence-electron chi connectivity index (χ2n) is 9.91. The van der Waals surface area contributed by atoms with Crippen LogP contribution in [0, 0.1) is 17.0 Å². The summed E-state index contributed by atoms with van der Waals surface area (Å²) >= 11 is 0. The van der Waals surface area contributed by atoms with Gasteiger partial charge in [0.05, 0.1) is 33.8 Å². The van der Waals surface area contributed by atoms with Crippen LogP contribution in [0.3, 0.4) is 0 Å². The molecule has 0 spiro atoms. The molecule has 39 heavy (non-hydrogen) atoms. The number of aromatic amines is 2. The van der Waals surface area contributed by atoms with E-state index in [1.807, 2.05) is 43.3 Å². The summed E-state index contributed by atoms with van der Waals surface area (Å²) in [7, 11) is 0. The van der Waals surface area contributed by atoms with Gasteiger partial charge in [0.15, 0.2) is 5.88 Å². The van der Waals surface area contributed by atoms with Gasteiger partial charge in [0.1, 0.15) is 5.82 Å². The molecule has 6 rings (SSSR count). The molecule has 0 radical (unpaired) electrons. The van der Waals surface area contributed by atoms with Crippen molar-refractivity contribution in [2.45, 2.75) is 26.3 Å². The first-order valence-corrected chi connectivity index (χ1v) is 13.0. The Morgan fingerprint density at radius 3 is 2.46 bits per heavy atom. The summed E-state index contributed by atoms with van der Waals surface area (Å²) in [4.78, 5) is 28.9. The molecule has 196 valence electrons. The zero-order valence-corrected chi connectivity index (χ0v) is 21.5. The van der Waals surface area contributed by atoms with Crippen molar-refractivity contribution in [1.82, 2.24) is 19.9 Å². The first kappa shape index (κ1) is 24.6. The van der Waals surface area contributed by atoms with Crippen molar-refractivity contribution in [2.75, 3.05) is 13.1 Å². The van der Waals surface area contributed by atoms with Gasteiger partial charge in [-0.25, -0.2) is 9.98 Å². The molecule has 0 atom stereocenters. The van der Waals surface area contributed by atoms with Gasteiger partial charge in [-0.1, -0.05) is 36.4 Å². The van der Waals surface area contributed by atoms with Gasteiger partial charge in [0.2, 0.25) is 0 Å². The van der Waals surface area contributed by atoms with E-state index in [0.717, 1.165) is 42.3 Å². The van der Waals surface area contributed by atoms with Gasteiger partial charge in [-0.3, -0.25) is 15.0 Å². The summed E-state index contributed by atoms with van der Waals surface area (Å²) in [5, 5.41) is 23.0. The zero-order valence-electron chi connectivity index (χ0n) is 21.5. The largest absolute Gasteiger partial charge is 0.494 e. The van der Waals surface area contributed by atoms with Gasteiger partial charge in [0, 0.05) is 35.1 Å². The summed E-state index contributed by atoms with van der Waals surface area (Å²) in [5.74, 6) is 0.751. The number of hydrogen-bond donors (Lipinski definition) is 3. The number of hydrogen-bond acceptors (Lipinski definition) is 6. The van der Waals surface area contributed by atoms with Crippen molar-refractivity contribution < 1.29 is 10.0 Å². The molecular formula is C30H28N6O3. The van der Waals surface area contributed by atoms with Crippen LogP contribution in [0.15, 0.2) is 77.9 Å². The lowest BCUT2D eigenvalue weighted by atomic mass is 9.99. The number of aromatic hydroxyl groups is 1. The Morgan fingerprint density at radius 1 is 1.05 bits per heavy atom. The molecule has 1 aliphatic heterocycles. The number of imidazole rings is 1. The molecule has 1 fully saturated rings. The van der Waals surface area contributed by atoms with Crippen LogP contribution in [0.4, 0.5) is 11.4 Å². The van der Waals surface area contributed by atoms with Crippen LogP contribution in [0.1, 0.15) is 35.4 Å². The van der Waals surface area contributed by atoms with E-state index in [4.69, 9.17) is 4.99 Å². The van der Waals surface area contributed by atoms with Crippen LogP contribution < -0.4 is 0 Å². The quantitative estimate of drug-likeness (QED) is 0.133. The molecule has 2 aromatic heterocycles. The van der Waals surface area contributed by atoms with E-state index < -0.39 is 4.92 Å². The lowest BCUT2D eigenvalue weighted by Gasteiger charge is -2.15. The molecule has 3 N–H and O–H groups in total. The van der Waals surface area contributed by atoms with Crippen molar-refractivity contribution in [3.63, 3.8) is 0 Å². The normalized spacial score (nSPS) is 14.3. The maximum Gasteiger partial charge on any atom is 0.270 e. The third-order valence-corrected chi connectivity index (χ3v) is 7.16. The minimum atomic E-state index is -0.437. The highest BCUT2D eigenvalue weighted by atomic mass is 16.6. The Labute approximate surface area is 225 Å². The first-order valence-electron chi connectivity index (χ1n) is 13.0. The van der Waals surface area contributed by atoms with E-state index >= 15 is 0 Å². The number of nitrogens with one attached hydrogen (secondary N) is 2. The molecule has 0 aliphatic carbocycles. The Morgan fingerprint density at radius 2 is 1.79 bits per heavy atom. The molecule has 9 heteroatoms. The number of nitrogens with zero attached hydrogens (tertiary/aromatic N) is 4. The fourth-order valence-corrected chi connectivity index (χ4v) is 5.16. The molecule has 0 bridgehead atoms. The standard InChI is InChI=1S/C30H28N6O3/c1-19-31-17-27(32-19)21-8-10-23(11-9-21)33-29(22-6-4-20(5-7-22)18-35-14-2-3-15-35)28-25-16-24(36(38)39)12-13-26(25)34-30(28)37/h4-13,16-17,34,37H,2-3,14-15,18H2,1H3,(H,31,32). The Bertz CT molecular complexity index is 1680. The zero-order chi connectivity index (χ0) is 26.9. The van der Waals surface area contributed by atoms with E-state index in [0.29, 0.717) is 27.9 Å². The summed E-state index contributed by atoms with van der Waals surface area (Å²) in [6.45, 7) is 5.03. The molecule has 1 aliphatic rings. The summed E-state index contributed by atoms with van der Waals surface area (Å²) in [6.07, 6.45) is 4.26. The molecule has 3 aromatic carbocycles. The van der Waals surface area contributed by atoms with Crippen LogP contribution in [0.5, 0.6) is 5.88 Å². The highest BCUT2D eigenvalue weighted by molar-refractivity contribution is 6.22. The number of aryl methyl sites for hydroxylation is 1. The minimum Gasteiger partial charge on any atom is -0.494 e. The average molecular weight is 521 g/mol. The van der Waals surface area contributed by atoms with Gasteiger partial charge in [-0.15, -0.1) is 0 Å². The van der Waals surface area contributed by atoms with Crippen molar-refractivity contribution in [3.8, 4) is 17.1 Å². The second-order valence-corrected chi connectivity index (χ2v) is 9.91. The molecule has 9 nitrogen and oxygen atoms in total. The topological polar surface area (TPSA) is 123 Å². The number of fused-ring (bicyclic) bond motifs is 1. The predicted molar refractivity (Wildman–Crippen MR) is 152 cm³/mol. The third-order valence-electron chi connectivity index (χ3n) is 7.16. The molecule has 0 saturated carbocycles. The van der Waals surface area contributed by atoms with Crippen LogP contribution in [-0.4, -0.2) is 48.7 Å². The summed E-state index contributed by atoms with van der Waals surface area (Å²) in [6, 6.07) is 20.4. The molecule has 0 unspecified atom stereocenters. The van der Waals surface area contributed by atoms with Crippen LogP contribution in [-0.2, 0) is 6.54 Å². The Hall–Kier alpha value is -4.76. The fourth-order valence-electron chi connectivity index (χ4n) is 5.16. The van der Waals surface area contributed by atoms with Crippen molar-refractivity contribution in [2.24, 2.45) is 4.99 Å². The number of H-pyrrole nitrogens is 2. The van der Waals surface area contributed by atoms with E-state index in [1.165, 1.54) is 30.5 Å². The lowest BCUT2D eigenvalue weighted by molar-refractivity contribution is -0.384. The van der Waals surface area contributed by atoms with E-state index in [1.54, 1.807) is 12.3 Å².